The summed E-state index contributed by atoms with van der Waals surface area (Å²) in [5.74, 6) is -0.365. The van der Waals surface area contributed by atoms with Crippen LogP contribution in [0.1, 0.15) is 27.3 Å². The minimum atomic E-state index is -4.52. The van der Waals surface area contributed by atoms with Crippen LogP contribution < -0.4 is 4.90 Å². The molecule has 0 atom stereocenters. The van der Waals surface area contributed by atoms with E-state index in [1.165, 1.54) is 17.9 Å². The standard InChI is InChI=1S/C18H20F3N3O/c1-12-15(9-10-16(22-12)18(19,20)21)17(25)24(4)11-13-5-7-14(8-6-13)23(2)3/h5-10H,11H2,1-4H3. The smallest absolute Gasteiger partial charge is 0.378 e. The zero-order valence-electron chi connectivity index (χ0n) is 14.6. The summed E-state index contributed by atoms with van der Waals surface area (Å²) in [6.07, 6.45) is -4.52. The van der Waals surface area contributed by atoms with Gasteiger partial charge in [0.2, 0.25) is 0 Å². The summed E-state index contributed by atoms with van der Waals surface area (Å²) < 4.78 is 38.0. The van der Waals surface area contributed by atoms with Crippen LogP contribution in [0.15, 0.2) is 36.4 Å². The summed E-state index contributed by atoms with van der Waals surface area (Å²) in [5, 5.41) is 0. The lowest BCUT2D eigenvalue weighted by Crippen LogP contribution is -2.27. The third-order valence-corrected chi connectivity index (χ3v) is 3.83. The molecule has 4 nitrogen and oxygen atoms in total. The molecule has 1 heterocycles. The fourth-order valence-corrected chi connectivity index (χ4v) is 2.40. The molecule has 2 rings (SSSR count). The van der Waals surface area contributed by atoms with Crippen molar-refractivity contribution in [3.05, 3.63) is 58.9 Å². The summed E-state index contributed by atoms with van der Waals surface area (Å²) in [7, 11) is 5.48. The van der Waals surface area contributed by atoms with Crippen LogP contribution in [0.3, 0.4) is 0 Å². The highest BCUT2D eigenvalue weighted by Gasteiger charge is 2.33. The van der Waals surface area contributed by atoms with Crippen molar-refractivity contribution in [1.29, 1.82) is 0 Å². The number of hydrogen-bond donors (Lipinski definition) is 0. The molecular formula is C18H20F3N3O. The average Bonchev–Trinajstić information content (AvgIpc) is 2.53. The van der Waals surface area contributed by atoms with Gasteiger partial charge in [-0.25, -0.2) is 4.98 Å². The van der Waals surface area contributed by atoms with Gasteiger partial charge in [-0.15, -0.1) is 0 Å². The monoisotopic (exact) mass is 351 g/mol. The minimum absolute atomic E-state index is 0.0645. The van der Waals surface area contributed by atoms with Gasteiger partial charge in [-0.3, -0.25) is 4.79 Å². The maximum atomic E-state index is 12.7. The van der Waals surface area contributed by atoms with Gasteiger partial charge in [-0.2, -0.15) is 13.2 Å². The van der Waals surface area contributed by atoms with Crippen LogP contribution in [0.4, 0.5) is 18.9 Å². The number of aromatic nitrogens is 1. The molecule has 2 aromatic rings. The Morgan fingerprint density at radius 1 is 1.04 bits per heavy atom. The number of nitrogens with zero attached hydrogens (tertiary/aromatic N) is 3. The van der Waals surface area contributed by atoms with Crippen molar-refractivity contribution in [1.82, 2.24) is 9.88 Å². The third-order valence-electron chi connectivity index (χ3n) is 3.83. The van der Waals surface area contributed by atoms with Crippen molar-refractivity contribution < 1.29 is 18.0 Å². The van der Waals surface area contributed by atoms with Gasteiger partial charge in [-0.1, -0.05) is 12.1 Å². The van der Waals surface area contributed by atoms with Crippen molar-refractivity contribution in [3.63, 3.8) is 0 Å². The second-order valence-electron chi connectivity index (χ2n) is 6.05. The van der Waals surface area contributed by atoms with Crippen LogP contribution in [-0.2, 0) is 12.7 Å². The molecule has 0 aliphatic heterocycles. The first-order valence-corrected chi connectivity index (χ1v) is 7.66. The summed E-state index contributed by atoms with van der Waals surface area (Å²) in [4.78, 5) is 19.4. The number of rotatable bonds is 4. The summed E-state index contributed by atoms with van der Waals surface area (Å²) in [5.41, 5.74) is 1.21. The molecule has 0 spiro atoms. The number of alkyl halides is 3. The molecule has 1 amide bonds. The quantitative estimate of drug-likeness (QED) is 0.842. The molecule has 0 saturated carbocycles. The summed E-state index contributed by atoms with van der Waals surface area (Å²) >= 11 is 0. The maximum absolute atomic E-state index is 12.7. The zero-order valence-corrected chi connectivity index (χ0v) is 14.6. The lowest BCUT2D eigenvalue weighted by molar-refractivity contribution is -0.141. The second-order valence-corrected chi connectivity index (χ2v) is 6.05. The molecule has 134 valence electrons. The molecule has 0 radical (unpaired) electrons. The van der Waals surface area contributed by atoms with E-state index >= 15 is 0 Å². The SMILES string of the molecule is Cc1nc(C(F)(F)F)ccc1C(=O)N(C)Cc1ccc(N(C)C)cc1. The van der Waals surface area contributed by atoms with Gasteiger partial charge in [0.1, 0.15) is 5.69 Å². The van der Waals surface area contributed by atoms with E-state index < -0.39 is 11.9 Å². The van der Waals surface area contributed by atoms with Crippen LogP contribution >= 0.6 is 0 Å². The van der Waals surface area contributed by atoms with E-state index in [9.17, 15) is 18.0 Å². The van der Waals surface area contributed by atoms with Crippen molar-refractivity contribution in [2.45, 2.75) is 19.6 Å². The Balaban J connectivity index is 2.14. The highest BCUT2D eigenvalue weighted by Crippen LogP contribution is 2.28. The number of carbonyl (C=O) groups excluding carboxylic acids is 1. The van der Waals surface area contributed by atoms with Gasteiger partial charge in [0.15, 0.2) is 0 Å². The van der Waals surface area contributed by atoms with Gasteiger partial charge in [-0.05, 0) is 36.8 Å². The highest BCUT2D eigenvalue weighted by molar-refractivity contribution is 5.95. The van der Waals surface area contributed by atoms with E-state index in [2.05, 4.69) is 4.98 Å². The molecule has 0 saturated heterocycles. The zero-order chi connectivity index (χ0) is 18.8. The largest absolute Gasteiger partial charge is 0.433 e. The van der Waals surface area contributed by atoms with Crippen LogP contribution in [-0.4, -0.2) is 36.9 Å². The molecule has 25 heavy (non-hydrogen) atoms. The Morgan fingerprint density at radius 3 is 2.12 bits per heavy atom. The molecule has 0 unspecified atom stereocenters. The Hall–Kier alpha value is -2.57. The number of carbonyl (C=O) groups is 1. The van der Waals surface area contributed by atoms with Crippen LogP contribution in [0.5, 0.6) is 0 Å². The Kier molecular flexibility index (Phi) is 5.35. The molecule has 0 fully saturated rings. The van der Waals surface area contributed by atoms with Gasteiger partial charge in [0.05, 0.1) is 11.3 Å². The molecule has 1 aromatic heterocycles. The molecule has 0 aliphatic carbocycles. The molecule has 0 N–H and O–H groups in total. The van der Waals surface area contributed by atoms with Crippen molar-refractivity contribution in [3.8, 4) is 0 Å². The number of amides is 1. The van der Waals surface area contributed by atoms with E-state index in [-0.39, 0.29) is 17.2 Å². The van der Waals surface area contributed by atoms with Crippen LogP contribution in [0.25, 0.3) is 0 Å². The van der Waals surface area contributed by atoms with Crippen LogP contribution in [0, 0.1) is 6.92 Å². The Labute approximate surface area is 144 Å². The number of pyridine rings is 1. The summed E-state index contributed by atoms with van der Waals surface area (Å²) in [6, 6.07) is 9.73. The predicted molar refractivity (Wildman–Crippen MR) is 90.5 cm³/mol. The average molecular weight is 351 g/mol. The number of halogens is 3. The van der Waals surface area contributed by atoms with Crippen molar-refractivity contribution >= 4 is 11.6 Å². The predicted octanol–water partition coefficient (Wildman–Crippen LogP) is 3.75. The fourth-order valence-electron chi connectivity index (χ4n) is 2.40. The van der Waals surface area contributed by atoms with E-state index in [0.29, 0.717) is 6.54 Å². The van der Waals surface area contributed by atoms with Crippen molar-refractivity contribution in [2.24, 2.45) is 0 Å². The highest BCUT2D eigenvalue weighted by atomic mass is 19.4. The first-order valence-electron chi connectivity index (χ1n) is 7.66. The van der Waals surface area contributed by atoms with Gasteiger partial charge in [0, 0.05) is 33.4 Å². The topological polar surface area (TPSA) is 36.4 Å². The number of benzene rings is 1. The number of aryl methyl sites for hydroxylation is 1. The van der Waals surface area contributed by atoms with E-state index in [1.54, 1.807) is 7.05 Å². The molecule has 0 bridgehead atoms. The third kappa shape index (κ3) is 4.49. The van der Waals surface area contributed by atoms with Crippen molar-refractivity contribution in [2.75, 3.05) is 26.0 Å². The van der Waals surface area contributed by atoms with E-state index in [1.807, 2.05) is 43.3 Å². The van der Waals surface area contributed by atoms with Gasteiger partial charge in [0.25, 0.3) is 5.91 Å². The fraction of sp³-hybridized carbons (Fsp3) is 0.333. The first kappa shape index (κ1) is 18.8. The molecule has 0 aliphatic rings. The lowest BCUT2D eigenvalue weighted by Gasteiger charge is -2.19. The van der Waals surface area contributed by atoms with Gasteiger partial charge >= 0.3 is 6.18 Å². The second kappa shape index (κ2) is 7.13. The minimum Gasteiger partial charge on any atom is -0.378 e. The van der Waals surface area contributed by atoms with E-state index in [4.69, 9.17) is 0 Å². The molecule has 7 heteroatoms. The Bertz CT molecular complexity index is 755. The maximum Gasteiger partial charge on any atom is 0.433 e. The van der Waals surface area contributed by atoms with Gasteiger partial charge < -0.3 is 9.80 Å². The molecular weight excluding hydrogens is 331 g/mol. The lowest BCUT2D eigenvalue weighted by atomic mass is 10.1. The first-order chi connectivity index (χ1) is 11.6. The normalized spacial score (nSPS) is 11.3. The number of hydrogen-bond acceptors (Lipinski definition) is 3. The number of anilines is 1. The Morgan fingerprint density at radius 2 is 1.64 bits per heavy atom. The summed E-state index contributed by atoms with van der Waals surface area (Å²) in [6.45, 7) is 1.76. The van der Waals surface area contributed by atoms with E-state index in [0.717, 1.165) is 17.3 Å². The molecule has 1 aromatic carbocycles. The van der Waals surface area contributed by atoms with Crippen LogP contribution in [0.2, 0.25) is 0 Å².